The number of halogens is 4. The normalized spacial score (nSPS) is 10.8. The molecule has 0 aliphatic heterocycles. The molecule has 0 fully saturated rings. The molecule has 0 saturated heterocycles. The average Bonchev–Trinajstić information content (AvgIpc) is 2.61. The van der Waals surface area contributed by atoms with Gasteiger partial charge in [0, 0.05) is 21.7 Å². The number of hydrogen-bond acceptors (Lipinski definition) is 2. The van der Waals surface area contributed by atoms with Gasteiger partial charge in [0.2, 0.25) is 0 Å². The van der Waals surface area contributed by atoms with Crippen molar-refractivity contribution >= 4 is 40.8 Å². The van der Waals surface area contributed by atoms with Crippen molar-refractivity contribution in [3.8, 4) is 12.3 Å². The third kappa shape index (κ3) is 5.12. The lowest BCUT2D eigenvalue weighted by Gasteiger charge is -2.34. The second-order valence-corrected chi connectivity index (χ2v) is 7.07. The van der Waals surface area contributed by atoms with Crippen molar-refractivity contribution in [3.05, 3.63) is 63.6 Å². The van der Waals surface area contributed by atoms with Gasteiger partial charge in [0.05, 0.1) is 5.69 Å². The third-order valence-electron chi connectivity index (χ3n) is 3.61. The van der Waals surface area contributed by atoms with Crippen LogP contribution in [-0.2, 0) is 0 Å². The Labute approximate surface area is 170 Å². The molecule has 3 amide bonds. The maximum atomic E-state index is 13.7. The van der Waals surface area contributed by atoms with Crippen molar-refractivity contribution in [2.75, 3.05) is 5.32 Å². The van der Waals surface area contributed by atoms with Gasteiger partial charge >= 0.3 is 6.03 Å². The van der Waals surface area contributed by atoms with E-state index in [2.05, 4.69) is 16.7 Å². The first-order valence-corrected chi connectivity index (χ1v) is 8.60. The van der Waals surface area contributed by atoms with Crippen molar-refractivity contribution < 1.29 is 18.4 Å². The Morgan fingerprint density at radius 1 is 1.11 bits per heavy atom. The Balaban J connectivity index is 2.31. The van der Waals surface area contributed by atoms with E-state index in [-0.39, 0.29) is 15.6 Å². The van der Waals surface area contributed by atoms with Crippen LogP contribution in [0.1, 0.15) is 24.2 Å². The maximum absolute atomic E-state index is 13.7. The molecule has 0 saturated carbocycles. The summed E-state index contributed by atoms with van der Waals surface area (Å²) >= 11 is 11.8. The molecular weight excluding hydrogens is 411 g/mol. The Kier molecular flexibility index (Phi) is 6.49. The molecule has 146 valence electrons. The van der Waals surface area contributed by atoms with Gasteiger partial charge in [-0.2, -0.15) is 0 Å². The molecule has 5 nitrogen and oxygen atoms in total. The first-order valence-electron chi connectivity index (χ1n) is 7.84. The largest absolute Gasteiger partial charge is 0.338 e. The highest BCUT2D eigenvalue weighted by molar-refractivity contribution is 6.35. The van der Waals surface area contributed by atoms with E-state index in [1.807, 2.05) is 0 Å². The van der Waals surface area contributed by atoms with Crippen LogP contribution >= 0.6 is 23.2 Å². The number of nitrogens with one attached hydrogen (secondary N) is 2. The molecule has 2 rings (SSSR count). The van der Waals surface area contributed by atoms with Crippen LogP contribution in [0.4, 0.5) is 19.3 Å². The van der Waals surface area contributed by atoms with Crippen LogP contribution in [0.15, 0.2) is 36.4 Å². The van der Waals surface area contributed by atoms with Gasteiger partial charge in [0.25, 0.3) is 5.91 Å². The fourth-order valence-electron chi connectivity index (χ4n) is 2.16. The van der Waals surface area contributed by atoms with E-state index < -0.39 is 34.8 Å². The predicted molar refractivity (Wildman–Crippen MR) is 104 cm³/mol. The van der Waals surface area contributed by atoms with E-state index in [0.717, 1.165) is 23.2 Å². The molecule has 0 aromatic heterocycles. The van der Waals surface area contributed by atoms with Crippen molar-refractivity contribution in [2.24, 2.45) is 0 Å². The topological polar surface area (TPSA) is 61.4 Å². The van der Waals surface area contributed by atoms with Crippen LogP contribution in [0.3, 0.4) is 0 Å². The summed E-state index contributed by atoms with van der Waals surface area (Å²) in [6.45, 7) is 3.00. The fourth-order valence-corrected chi connectivity index (χ4v) is 2.69. The van der Waals surface area contributed by atoms with Crippen LogP contribution in [0.5, 0.6) is 0 Å². The molecule has 0 aliphatic carbocycles. The number of hydrazine groups is 1. The van der Waals surface area contributed by atoms with E-state index in [1.165, 1.54) is 32.0 Å². The molecule has 0 radical (unpaired) electrons. The molecule has 0 atom stereocenters. The summed E-state index contributed by atoms with van der Waals surface area (Å²) in [5.41, 5.74) is 0.642. The number of urea groups is 1. The molecule has 0 heterocycles. The van der Waals surface area contributed by atoms with E-state index in [4.69, 9.17) is 29.6 Å². The lowest BCUT2D eigenvalue weighted by Crippen LogP contribution is -2.57. The van der Waals surface area contributed by atoms with Crippen LogP contribution in [0.2, 0.25) is 10.0 Å². The Morgan fingerprint density at radius 3 is 2.29 bits per heavy atom. The fraction of sp³-hybridized carbons (Fsp3) is 0.158. The van der Waals surface area contributed by atoms with E-state index >= 15 is 0 Å². The minimum Gasteiger partial charge on any atom is -0.304 e. The van der Waals surface area contributed by atoms with Crippen LogP contribution in [0.25, 0.3) is 0 Å². The molecule has 0 unspecified atom stereocenters. The standard InChI is InChI=1S/C19H15Cl2F2N3O2/c1-4-19(2,3)26(17(27)11-7-12(20)9-13(21)8-11)25-18(28)24-16-10-14(22)5-6-15(16)23/h1,5-10H,2-3H3,(H2,24,25,28). The number of carbonyl (C=O) groups is 2. The Hall–Kier alpha value is -2.82. The van der Waals surface area contributed by atoms with Gasteiger partial charge in [-0.05, 0) is 44.2 Å². The SMILES string of the molecule is C#CC(C)(C)N(NC(=O)Nc1cc(F)ccc1F)C(=O)c1cc(Cl)cc(Cl)c1. The van der Waals surface area contributed by atoms with E-state index in [1.54, 1.807) is 0 Å². The molecule has 9 heteroatoms. The zero-order valence-electron chi connectivity index (χ0n) is 14.8. The van der Waals surface area contributed by atoms with E-state index in [0.29, 0.717) is 0 Å². The third-order valence-corrected chi connectivity index (χ3v) is 4.05. The van der Waals surface area contributed by atoms with Gasteiger partial charge in [-0.3, -0.25) is 4.79 Å². The first kappa shape index (κ1) is 21.5. The first-order chi connectivity index (χ1) is 13.0. The molecule has 28 heavy (non-hydrogen) atoms. The number of terminal acetylenes is 1. The lowest BCUT2D eigenvalue weighted by molar-refractivity contribution is 0.0533. The number of nitrogens with zero attached hydrogens (tertiary/aromatic N) is 1. The zero-order valence-corrected chi connectivity index (χ0v) is 16.3. The number of carbonyl (C=O) groups excluding carboxylic acids is 2. The monoisotopic (exact) mass is 425 g/mol. The van der Waals surface area contributed by atoms with Crippen molar-refractivity contribution in [1.82, 2.24) is 10.4 Å². The molecular formula is C19H15Cl2F2N3O2. The highest BCUT2D eigenvalue weighted by Crippen LogP contribution is 2.23. The zero-order chi connectivity index (χ0) is 21.1. The van der Waals surface area contributed by atoms with Crippen molar-refractivity contribution in [3.63, 3.8) is 0 Å². The van der Waals surface area contributed by atoms with Crippen LogP contribution in [0, 0.1) is 24.0 Å². The Morgan fingerprint density at radius 2 is 1.71 bits per heavy atom. The van der Waals surface area contributed by atoms with Gasteiger partial charge in [-0.1, -0.05) is 29.1 Å². The summed E-state index contributed by atoms with van der Waals surface area (Å²) < 4.78 is 27.0. The van der Waals surface area contributed by atoms with Gasteiger partial charge in [-0.15, -0.1) is 6.42 Å². The summed E-state index contributed by atoms with van der Waals surface area (Å²) in [5.74, 6) is 0.0649. The highest BCUT2D eigenvalue weighted by Gasteiger charge is 2.32. The molecule has 0 aliphatic rings. The van der Waals surface area contributed by atoms with Gasteiger partial charge in [0.15, 0.2) is 0 Å². The smallest absolute Gasteiger partial charge is 0.304 e. The summed E-state index contributed by atoms with van der Waals surface area (Å²) in [6.07, 6.45) is 5.48. The summed E-state index contributed by atoms with van der Waals surface area (Å²) in [6, 6.07) is 5.68. The maximum Gasteiger partial charge on any atom is 0.338 e. The summed E-state index contributed by atoms with van der Waals surface area (Å²) in [5, 5.41) is 3.41. The quantitative estimate of drug-likeness (QED) is 0.544. The van der Waals surface area contributed by atoms with Crippen LogP contribution < -0.4 is 10.7 Å². The van der Waals surface area contributed by atoms with Gasteiger partial charge < -0.3 is 5.32 Å². The minimum absolute atomic E-state index is 0.0676. The second kappa shape index (κ2) is 8.46. The number of hydrogen-bond donors (Lipinski definition) is 2. The van der Waals surface area contributed by atoms with Crippen LogP contribution in [-0.4, -0.2) is 22.5 Å². The number of benzene rings is 2. The van der Waals surface area contributed by atoms with Gasteiger partial charge in [0.1, 0.15) is 17.2 Å². The van der Waals surface area contributed by atoms with Crippen molar-refractivity contribution in [2.45, 2.75) is 19.4 Å². The lowest BCUT2D eigenvalue weighted by atomic mass is 10.0. The highest BCUT2D eigenvalue weighted by atomic mass is 35.5. The molecule has 2 N–H and O–H groups in total. The van der Waals surface area contributed by atoms with E-state index in [9.17, 15) is 18.4 Å². The number of rotatable bonds is 3. The molecule has 2 aromatic rings. The second-order valence-electron chi connectivity index (χ2n) is 6.19. The minimum atomic E-state index is -1.27. The van der Waals surface area contributed by atoms with Crippen molar-refractivity contribution in [1.29, 1.82) is 0 Å². The van der Waals surface area contributed by atoms with Gasteiger partial charge in [-0.25, -0.2) is 24.0 Å². The predicted octanol–water partition coefficient (Wildman–Crippen LogP) is 4.86. The number of amides is 3. The average molecular weight is 426 g/mol. The molecule has 2 aromatic carbocycles. The molecule has 0 bridgehead atoms. The summed E-state index contributed by atoms with van der Waals surface area (Å²) in [4.78, 5) is 25.2. The molecule has 0 spiro atoms. The summed E-state index contributed by atoms with van der Waals surface area (Å²) in [7, 11) is 0. The number of anilines is 1. The Bertz CT molecular complexity index is 954.